The van der Waals surface area contributed by atoms with Crippen LogP contribution in [0.2, 0.25) is 0 Å². The maximum absolute atomic E-state index is 13.5. The second-order valence-electron chi connectivity index (χ2n) is 8.64. The van der Waals surface area contributed by atoms with Crippen molar-refractivity contribution in [2.75, 3.05) is 0 Å². The first-order valence-corrected chi connectivity index (χ1v) is 10.8. The predicted molar refractivity (Wildman–Crippen MR) is 122 cm³/mol. The standard InChI is InChI=1S/C24H31BrN2O2/c1-7-10-21(24(4,5)6)26-27(23(29)19-11-8-9-12-20(19)25)22(28)18-14-16(2)13-17(3)15-18/h8-9,11-15,21,26H,7,10H2,1-6H3/t21-/m0/s1. The molecule has 4 nitrogen and oxygen atoms in total. The molecule has 0 radical (unpaired) electrons. The van der Waals surface area contributed by atoms with Crippen molar-refractivity contribution in [3.05, 3.63) is 69.2 Å². The number of nitrogens with zero attached hydrogens (tertiary/aromatic N) is 1. The van der Waals surface area contributed by atoms with Crippen LogP contribution >= 0.6 is 15.9 Å². The van der Waals surface area contributed by atoms with E-state index in [4.69, 9.17) is 0 Å². The highest BCUT2D eigenvalue weighted by Gasteiger charge is 2.32. The molecule has 0 aliphatic carbocycles. The van der Waals surface area contributed by atoms with Crippen LogP contribution in [0.5, 0.6) is 0 Å². The van der Waals surface area contributed by atoms with Crippen molar-refractivity contribution in [3.63, 3.8) is 0 Å². The Kier molecular flexibility index (Phi) is 7.78. The number of carbonyl (C=O) groups is 2. The Bertz CT molecular complexity index is 866. The third kappa shape index (κ3) is 6.00. The van der Waals surface area contributed by atoms with Gasteiger partial charge in [0.15, 0.2) is 0 Å². The van der Waals surface area contributed by atoms with Crippen LogP contribution in [0.15, 0.2) is 46.9 Å². The van der Waals surface area contributed by atoms with Gasteiger partial charge in [0, 0.05) is 16.1 Å². The van der Waals surface area contributed by atoms with E-state index in [0.29, 0.717) is 15.6 Å². The van der Waals surface area contributed by atoms with Crippen molar-refractivity contribution in [1.29, 1.82) is 0 Å². The average molecular weight is 459 g/mol. The summed E-state index contributed by atoms with van der Waals surface area (Å²) in [6.07, 6.45) is 1.80. The van der Waals surface area contributed by atoms with E-state index >= 15 is 0 Å². The van der Waals surface area contributed by atoms with E-state index in [2.05, 4.69) is 49.1 Å². The zero-order valence-electron chi connectivity index (χ0n) is 18.2. The molecule has 0 aromatic heterocycles. The van der Waals surface area contributed by atoms with Crippen LogP contribution < -0.4 is 5.43 Å². The van der Waals surface area contributed by atoms with Gasteiger partial charge in [0.05, 0.1) is 5.56 Å². The van der Waals surface area contributed by atoms with Crippen LogP contribution in [-0.2, 0) is 0 Å². The van der Waals surface area contributed by atoms with Crippen molar-refractivity contribution in [3.8, 4) is 0 Å². The van der Waals surface area contributed by atoms with Crippen molar-refractivity contribution >= 4 is 27.7 Å². The molecular formula is C24H31BrN2O2. The zero-order chi connectivity index (χ0) is 21.8. The summed E-state index contributed by atoms with van der Waals surface area (Å²) in [6, 6.07) is 12.8. The lowest BCUT2D eigenvalue weighted by Gasteiger charge is -2.36. The lowest BCUT2D eigenvalue weighted by Crippen LogP contribution is -2.55. The van der Waals surface area contributed by atoms with Gasteiger partial charge in [-0.15, -0.1) is 0 Å². The Labute approximate surface area is 182 Å². The molecule has 0 aliphatic heterocycles. The summed E-state index contributed by atoms with van der Waals surface area (Å²) in [4.78, 5) is 26.9. The topological polar surface area (TPSA) is 49.4 Å². The van der Waals surface area contributed by atoms with E-state index < -0.39 is 0 Å². The summed E-state index contributed by atoms with van der Waals surface area (Å²) in [5.41, 5.74) is 6.07. The molecule has 29 heavy (non-hydrogen) atoms. The molecular weight excluding hydrogens is 428 g/mol. The molecule has 0 spiro atoms. The van der Waals surface area contributed by atoms with E-state index in [1.165, 1.54) is 5.01 Å². The highest BCUT2D eigenvalue weighted by molar-refractivity contribution is 9.10. The number of benzene rings is 2. The quantitative estimate of drug-likeness (QED) is 0.422. The summed E-state index contributed by atoms with van der Waals surface area (Å²) in [5.74, 6) is -0.713. The number of hydrogen-bond acceptors (Lipinski definition) is 3. The smallest absolute Gasteiger partial charge is 0.267 e. The number of nitrogens with one attached hydrogen (secondary N) is 1. The van der Waals surface area contributed by atoms with Gasteiger partial charge in [0.1, 0.15) is 0 Å². The van der Waals surface area contributed by atoms with Gasteiger partial charge >= 0.3 is 0 Å². The maximum atomic E-state index is 13.5. The Hall–Kier alpha value is -1.98. The molecule has 0 unspecified atom stereocenters. The molecule has 1 atom stereocenters. The number of amides is 2. The molecule has 5 heteroatoms. The van der Waals surface area contributed by atoms with Crippen molar-refractivity contribution in [1.82, 2.24) is 10.4 Å². The zero-order valence-corrected chi connectivity index (χ0v) is 19.8. The normalized spacial score (nSPS) is 12.5. The van der Waals surface area contributed by atoms with E-state index in [1.807, 2.05) is 38.1 Å². The van der Waals surface area contributed by atoms with Crippen LogP contribution in [0.3, 0.4) is 0 Å². The summed E-state index contributed by atoms with van der Waals surface area (Å²) in [7, 11) is 0. The number of rotatable bonds is 6. The average Bonchev–Trinajstić information content (AvgIpc) is 2.62. The first-order valence-electron chi connectivity index (χ1n) is 10.0. The van der Waals surface area contributed by atoms with Crippen LogP contribution in [0, 0.1) is 19.3 Å². The minimum atomic E-state index is -0.369. The van der Waals surface area contributed by atoms with Gasteiger partial charge in [-0.3, -0.25) is 9.59 Å². The highest BCUT2D eigenvalue weighted by Crippen LogP contribution is 2.25. The molecule has 1 N–H and O–H groups in total. The largest absolute Gasteiger partial charge is 0.276 e. The fourth-order valence-corrected chi connectivity index (χ4v) is 3.78. The third-order valence-electron chi connectivity index (χ3n) is 4.89. The second-order valence-corrected chi connectivity index (χ2v) is 9.49. The maximum Gasteiger partial charge on any atom is 0.276 e. The minimum Gasteiger partial charge on any atom is -0.267 e. The van der Waals surface area contributed by atoms with E-state index in [-0.39, 0.29) is 23.3 Å². The Morgan fingerprint density at radius 2 is 1.62 bits per heavy atom. The molecule has 0 heterocycles. The number of hydrogen-bond donors (Lipinski definition) is 1. The Balaban J connectivity index is 2.50. The van der Waals surface area contributed by atoms with Gasteiger partial charge in [-0.05, 0) is 65.9 Å². The number of carbonyl (C=O) groups excluding carboxylic acids is 2. The summed E-state index contributed by atoms with van der Waals surface area (Å²) in [5, 5.41) is 1.19. The first kappa shape index (κ1) is 23.3. The van der Waals surface area contributed by atoms with Crippen molar-refractivity contribution in [2.24, 2.45) is 5.41 Å². The summed E-state index contributed by atoms with van der Waals surface area (Å²) >= 11 is 3.44. The third-order valence-corrected chi connectivity index (χ3v) is 5.58. The summed E-state index contributed by atoms with van der Waals surface area (Å²) < 4.78 is 0.660. The number of aryl methyl sites for hydroxylation is 2. The number of halogens is 1. The van der Waals surface area contributed by atoms with Crippen LogP contribution in [0.1, 0.15) is 72.4 Å². The van der Waals surface area contributed by atoms with Gasteiger partial charge in [0.2, 0.25) is 0 Å². The van der Waals surface area contributed by atoms with E-state index in [1.54, 1.807) is 18.2 Å². The molecule has 0 saturated heterocycles. The minimum absolute atomic E-state index is 0.0335. The monoisotopic (exact) mass is 458 g/mol. The molecule has 0 fully saturated rings. The lowest BCUT2D eigenvalue weighted by atomic mass is 9.84. The summed E-state index contributed by atoms with van der Waals surface area (Å²) in [6.45, 7) is 12.3. The molecule has 0 aliphatic rings. The van der Waals surface area contributed by atoms with Crippen LogP contribution in [0.25, 0.3) is 0 Å². The molecule has 0 bridgehead atoms. The predicted octanol–water partition coefficient (Wildman–Crippen LogP) is 6.07. The fraction of sp³-hybridized carbons (Fsp3) is 0.417. The van der Waals surface area contributed by atoms with E-state index in [9.17, 15) is 9.59 Å². The molecule has 2 amide bonds. The molecule has 2 aromatic carbocycles. The van der Waals surface area contributed by atoms with Gasteiger partial charge in [-0.2, -0.15) is 0 Å². The molecule has 2 rings (SSSR count). The second kappa shape index (κ2) is 9.68. The lowest BCUT2D eigenvalue weighted by molar-refractivity contribution is 0.0424. The first-order chi connectivity index (χ1) is 13.5. The highest BCUT2D eigenvalue weighted by atomic mass is 79.9. The number of imide groups is 1. The number of hydrazine groups is 1. The van der Waals surface area contributed by atoms with Crippen molar-refractivity contribution < 1.29 is 9.59 Å². The molecule has 156 valence electrons. The van der Waals surface area contributed by atoms with Crippen LogP contribution in [-0.4, -0.2) is 22.9 Å². The van der Waals surface area contributed by atoms with Crippen LogP contribution in [0.4, 0.5) is 0 Å². The van der Waals surface area contributed by atoms with Gasteiger partial charge in [0.25, 0.3) is 11.8 Å². The molecule has 0 saturated carbocycles. The Morgan fingerprint density at radius 1 is 1.03 bits per heavy atom. The fourth-order valence-electron chi connectivity index (χ4n) is 3.33. The van der Waals surface area contributed by atoms with Gasteiger partial charge in [-0.25, -0.2) is 10.4 Å². The van der Waals surface area contributed by atoms with Gasteiger partial charge in [-0.1, -0.05) is 63.4 Å². The molecule has 2 aromatic rings. The van der Waals surface area contributed by atoms with Crippen molar-refractivity contribution in [2.45, 2.75) is 60.4 Å². The SMILES string of the molecule is CCC[C@H](NN(C(=O)c1cc(C)cc(C)c1)C(=O)c1ccccc1Br)C(C)(C)C. The Morgan fingerprint density at radius 3 is 2.14 bits per heavy atom. The van der Waals surface area contributed by atoms with E-state index in [0.717, 1.165) is 24.0 Å². The van der Waals surface area contributed by atoms with Gasteiger partial charge < -0.3 is 0 Å².